The van der Waals surface area contributed by atoms with Gasteiger partial charge in [-0.3, -0.25) is 14.3 Å². The average molecular weight is 416 g/mol. The van der Waals surface area contributed by atoms with Gasteiger partial charge in [-0.1, -0.05) is 31.2 Å². The van der Waals surface area contributed by atoms with Gasteiger partial charge in [-0.25, -0.2) is 8.42 Å². The molecule has 1 N–H and O–H groups in total. The number of benzene rings is 2. The minimum atomic E-state index is -3.10. The van der Waals surface area contributed by atoms with Crippen molar-refractivity contribution in [1.82, 2.24) is 0 Å². The summed E-state index contributed by atoms with van der Waals surface area (Å²) in [5.41, 5.74) is 4.83. The van der Waals surface area contributed by atoms with Crippen LogP contribution in [-0.2, 0) is 38.1 Å². The number of hydrogen-bond acceptors (Lipinski definition) is 5. The fourth-order valence-corrected chi connectivity index (χ4v) is 4.74. The van der Waals surface area contributed by atoms with Crippen LogP contribution in [-0.4, -0.2) is 27.3 Å². The van der Waals surface area contributed by atoms with E-state index in [4.69, 9.17) is 0 Å². The van der Waals surface area contributed by atoms with Crippen LogP contribution in [0.2, 0.25) is 0 Å². The minimum Gasteiger partial charge on any atom is -0.469 e. The zero-order valence-electron chi connectivity index (χ0n) is 16.6. The van der Waals surface area contributed by atoms with Crippen molar-refractivity contribution in [1.29, 1.82) is 0 Å². The van der Waals surface area contributed by atoms with Crippen LogP contribution in [0, 0.1) is 5.92 Å². The molecular formula is C22H25NO5S. The molecule has 0 spiro atoms. The van der Waals surface area contributed by atoms with Crippen molar-refractivity contribution in [3.8, 4) is 0 Å². The first-order valence-corrected chi connectivity index (χ1v) is 11.2. The van der Waals surface area contributed by atoms with E-state index in [0.717, 1.165) is 18.4 Å². The summed E-state index contributed by atoms with van der Waals surface area (Å²) in [6.45, 7) is 1.77. The van der Waals surface area contributed by atoms with E-state index < -0.39 is 10.0 Å². The average Bonchev–Trinajstić information content (AvgIpc) is 3.04. The van der Waals surface area contributed by atoms with Crippen molar-refractivity contribution < 1.29 is 22.7 Å². The van der Waals surface area contributed by atoms with Gasteiger partial charge in [0.1, 0.15) is 0 Å². The zero-order valence-corrected chi connectivity index (χ0v) is 17.4. The van der Waals surface area contributed by atoms with Gasteiger partial charge in [0.15, 0.2) is 5.78 Å². The van der Waals surface area contributed by atoms with Crippen LogP contribution in [0.4, 0.5) is 5.69 Å². The number of Topliss-reactive ketones (excluding diaryl/α,β-unsaturated/α-hetero) is 1. The molecule has 2 aromatic carbocycles. The second-order valence-corrected chi connectivity index (χ2v) is 9.16. The number of fused-ring (bicyclic) bond motifs is 5. The minimum absolute atomic E-state index is 0.0232. The predicted molar refractivity (Wildman–Crippen MR) is 111 cm³/mol. The fraction of sp³-hybridized carbons (Fsp3) is 0.364. The third-order valence-corrected chi connectivity index (χ3v) is 6.38. The molecule has 0 saturated carbocycles. The molecule has 154 valence electrons. The highest BCUT2D eigenvalue weighted by Gasteiger charge is 2.21. The maximum absolute atomic E-state index is 12.2. The van der Waals surface area contributed by atoms with E-state index in [0.29, 0.717) is 11.3 Å². The Kier molecular flexibility index (Phi) is 6.37. The van der Waals surface area contributed by atoms with Crippen molar-refractivity contribution in [2.75, 3.05) is 11.8 Å². The van der Waals surface area contributed by atoms with Gasteiger partial charge in [0.05, 0.1) is 19.3 Å². The standard InChI is InChI=1S/C15H18O3.C7H7NO2S/c1-10(8-14(16)18-2)15(17)13-7-6-11-4-3-5-12(11)9-13;9-11(10)5-6-1-3-7(8-11)4-2-6/h6-7,9-10H,3-5,8H2,1-2H3;1-4,8H,5H2. The summed E-state index contributed by atoms with van der Waals surface area (Å²) in [5.74, 6) is -0.548. The van der Waals surface area contributed by atoms with Crippen molar-refractivity contribution in [2.45, 2.75) is 38.4 Å². The Morgan fingerprint density at radius 1 is 1.07 bits per heavy atom. The van der Waals surface area contributed by atoms with Crippen LogP contribution in [0.5, 0.6) is 0 Å². The molecule has 5 rings (SSSR count). The molecular weight excluding hydrogens is 390 g/mol. The van der Waals surface area contributed by atoms with Gasteiger partial charge in [-0.15, -0.1) is 0 Å². The number of methoxy groups -OCH3 is 1. The van der Waals surface area contributed by atoms with E-state index in [9.17, 15) is 18.0 Å². The van der Waals surface area contributed by atoms with E-state index in [2.05, 4.69) is 9.46 Å². The lowest BCUT2D eigenvalue weighted by Crippen LogP contribution is -2.16. The van der Waals surface area contributed by atoms with E-state index >= 15 is 0 Å². The molecule has 2 aliphatic heterocycles. The first kappa shape index (κ1) is 21.0. The van der Waals surface area contributed by atoms with Gasteiger partial charge in [0.2, 0.25) is 10.0 Å². The van der Waals surface area contributed by atoms with Crippen molar-refractivity contribution in [2.24, 2.45) is 5.92 Å². The number of ketones is 1. The molecule has 0 aromatic heterocycles. The first-order valence-electron chi connectivity index (χ1n) is 9.59. The molecule has 29 heavy (non-hydrogen) atoms. The van der Waals surface area contributed by atoms with Crippen molar-refractivity contribution in [3.63, 3.8) is 0 Å². The maximum atomic E-state index is 12.2. The Balaban J connectivity index is 0.000000186. The van der Waals surface area contributed by atoms with Crippen LogP contribution in [0.15, 0.2) is 42.5 Å². The SMILES string of the molecule is COC(=O)CC(C)C(=O)c1ccc2c(c1)CCC2.O=S1(=O)Cc2ccc(cc2)N1. The number of carbonyl (C=O) groups excluding carboxylic acids is 2. The highest BCUT2D eigenvalue weighted by atomic mass is 32.2. The van der Waals surface area contributed by atoms with Gasteiger partial charge in [0, 0.05) is 17.2 Å². The lowest BCUT2D eigenvalue weighted by molar-refractivity contribution is -0.141. The monoisotopic (exact) mass is 415 g/mol. The normalized spacial score (nSPS) is 16.5. The number of anilines is 1. The number of rotatable bonds is 4. The highest BCUT2D eigenvalue weighted by Crippen LogP contribution is 2.24. The summed E-state index contributed by atoms with van der Waals surface area (Å²) < 4.78 is 29.2. The van der Waals surface area contributed by atoms with E-state index in [-0.39, 0.29) is 29.8 Å². The van der Waals surface area contributed by atoms with Gasteiger partial charge in [0.25, 0.3) is 0 Å². The lowest BCUT2D eigenvalue weighted by atomic mass is 9.94. The van der Waals surface area contributed by atoms with E-state index in [1.54, 1.807) is 19.1 Å². The van der Waals surface area contributed by atoms with Crippen LogP contribution in [0.25, 0.3) is 0 Å². The first-order chi connectivity index (χ1) is 13.8. The summed E-state index contributed by atoms with van der Waals surface area (Å²) in [6.07, 6.45) is 3.49. The Morgan fingerprint density at radius 3 is 2.45 bits per heavy atom. The number of nitrogens with one attached hydrogen (secondary N) is 1. The van der Waals surface area contributed by atoms with Gasteiger partial charge >= 0.3 is 5.97 Å². The third kappa shape index (κ3) is 5.44. The van der Waals surface area contributed by atoms with E-state index in [1.807, 2.05) is 30.3 Å². The Labute approximate surface area is 171 Å². The molecule has 0 amide bonds. The van der Waals surface area contributed by atoms with E-state index in [1.165, 1.54) is 24.7 Å². The molecule has 2 aromatic rings. The molecule has 0 radical (unpaired) electrons. The molecule has 2 bridgehead atoms. The van der Waals surface area contributed by atoms with Gasteiger partial charge < -0.3 is 4.74 Å². The quantitative estimate of drug-likeness (QED) is 0.610. The summed E-state index contributed by atoms with van der Waals surface area (Å²) in [5, 5.41) is 0. The Bertz CT molecular complexity index is 981. The fourth-order valence-electron chi connectivity index (χ4n) is 3.54. The number of sulfonamides is 1. The summed E-state index contributed by atoms with van der Waals surface area (Å²) in [7, 11) is -1.76. The molecule has 1 atom stereocenters. The summed E-state index contributed by atoms with van der Waals surface area (Å²) in [4.78, 5) is 23.4. The highest BCUT2D eigenvalue weighted by molar-refractivity contribution is 7.91. The molecule has 2 heterocycles. The van der Waals surface area contributed by atoms with Crippen molar-refractivity contribution in [3.05, 3.63) is 64.7 Å². The third-order valence-electron chi connectivity index (χ3n) is 5.12. The van der Waals surface area contributed by atoms with Crippen LogP contribution in [0.1, 0.15) is 46.8 Å². The number of esters is 1. The lowest BCUT2D eigenvalue weighted by Gasteiger charge is -2.10. The zero-order chi connectivity index (χ0) is 21.0. The van der Waals surface area contributed by atoms with Crippen LogP contribution < -0.4 is 4.72 Å². The maximum Gasteiger partial charge on any atom is 0.306 e. The molecule has 0 saturated heterocycles. The molecule has 7 heteroatoms. The van der Waals surface area contributed by atoms with Crippen LogP contribution >= 0.6 is 0 Å². The van der Waals surface area contributed by atoms with Crippen molar-refractivity contribution >= 4 is 27.5 Å². The van der Waals surface area contributed by atoms with Gasteiger partial charge in [-0.2, -0.15) is 0 Å². The summed E-state index contributed by atoms with van der Waals surface area (Å²) in [6, 6.07) is 13.1. The molecule has 1 aliphatic carbocycles. The number of aryl methyl sites for hydroxylation is 2. The van der Waals surface area contributed by atoms with Gasteiger partial charge in [-0.05, 0) is 54.2 Å². The number of carbonyl (C=O) groups is 2. The Morgan fingerprint density at radius 2 is 1.76 bits per heavy atom. The smallest absolute Gasteiger partial charge is 0.306 e. The predicted octanol–water partition coefficient (Wildman–Crippen LogP) is 3.50. The molecule has 6 nitrogen and oxygen atoms in total. The second kappa shape index (κ2) is 8.78. The molecule has 3 aliphatic rings. The largest absolute Gasteiger partial charge is 0.469 e. The number of ether oxygens (including phenoxy) is 1. The molecule has 0 fully saturated rings. The Hall–Kier alpha value is -2.67. The molecule has 1 unspecified atom stereocenters. The van der Waals surface area contributed by atoms with Crippen LogP contribution in [0.3, 0.4) is 0 Å². The topological polar surface area (TPSA) is 89.5 Å². The summed E-state index contributed by atoms with van der Waals surface area (Å²) >= 11 is 0. The number of hydrogen-bond donors (Lipinski definition) is 1. The second-order valence-electron chi connectivity index (χ2n) is 7.44.